The van der Waals surface area contributed by atoms with E-state index in [2.05, 4.69) is 13.0 Å². The van der Waals surface area contributed by atoms with Gasteiger partial charge in [0.2, 0.25) is 0 Å². The largest absolute Gasteiger partial charge is 0.465 e. The molecule has 0 aliphatic rings. The van der Waals surface area contributed by atoms with E-state index in [4.69, 9.17) is 10.2 Å². The standard InChI is InChI=1S/C11H17NO/c1-10(5-2-3-7-12)9-11-6-4-8-13-11/h4,6,8-9H,2-3,5,7,12H2,1H3/b10-9-. The third-order valence-corrected chi connectivity index (χ3v) is 1.96. The topological polar surface area (TPSA) is 39.2 Å². The van der Waals surface area contributed by atoms with Crippen LogP contribution in [0.5, 0.6) is 0 Å². The molecule has 1 aromatic heterocycles. The molecule has 0 aliphatic heterocycles. The van der Waals surface area contributed by atoms with E-state index in [1.54, 1.807) is 6.26 Å². The highest BCUT2D eigenvalue weighted by Crippen LogP contribution is 2.12. The summed E-state index contributed by atoms with van der Waals surface area (Å²) < 4.78 is 5.21. The first kappa shape index (κ1) is 10.1. The Morgan fingerprint density at radius 3 is 3.00 bits per heavy atom. The highest BCUT2D eigenvalue weighted by molar-refractivity contribution is 5.46. The zero-order chi connectivity index (χ0) is 9.52. The van der Waals surface area contributed by atoms with Gasteiger partial charge >= 0.3 is 0 Å². The van der Waals surface area contributed by atoms with Crippen molar-refractivity contribution in [3.63, 3.8) is 0 Å². The molecule has 0 unspecified atom stereocenters. The van der Waals surface area contributed by atoms with E-state index in [1.165, 1.54) is 12.0 Å². The highest BCUT2D eigenvalue weighted by atomic mass is 16.3. The van der Waals surface area contributed by atoms with Gasteiger partial charge in [0.05, 0.1) is 6.26 Å². The fourth-order valence-corrected chi connectivity index (χ4v) is 1.24. The molecule has 2 nitrogen and oxygen atoms in total. The molecule has 2 heteroatoms. The van der Waals surface area contributed by atoms with Crippen LogP contribution in [0.1, 0.15) is 31.9 Å². The van der Waals surface area contributed by atoms with E-state index >= 15 is 0 Å². The summed E-state index contributed by atoms with van der Waals surface area (Å²) in [5, 5.41) is 0. The molecule has 0 spiro atoms. The van der Waals surface area contributed by atoms with Gasteiger partial charge in [0.1, 0.15) is 5.76 Å². The summed E-state index contributed by atoms with van der Waals surface area (Å²) in [5.41, 5.74) is 6.76. The molecule has 0 aliphatic carbocycles. The molecule has 1 rings (SSSR count). The zero-order valence-corrected chi connectivity index (χ0v) is 8.12. The van der Waals surface area contributed by atoms with Crippen LogP contribution in [-0.2, 0) is 0 Å². The molecule has 0 fully saturated rings. The Hall–Kier alpha value is -1.02. The Balaban J connectivity index is 2.34. The van der Waals surface area contributed by atoms with Crippen molar-refractivity contribution in [3.05, 3.63) is 29.7 Å². The third-order valence-electron chi connectivity index (χ3n) is 1.96. The fourth-order valence-electron chi connectivity index (χ4n) is 1.24. The molecule has 2 N–H and O–H groups in total. The molecule has 72 valence electrons. The van der Waals surface area contributed by atoms with Gasteiger partial charge in [-0.25, -0.2) is 0 Å². The summed E-state index contributed by atoms with van der Waals surface area (Å²) in [4.78, 5) is 0. The van der Waals surface area contributed by atoms with Crippen molar-refractivity contribution in [2.24, 2.45) is 5.73 Å². The van der Waals surface area contributed by atoms with Crippen LogP contribution in [0.15, 0.2) is 28.4 Å². The molecule has 1 heterocycles. The van der Waals surface area contributed by atoms with Crippen LogP contribution >= 0.6 is 0 Å². The molecular formula is C11H17NO. The molecule has 0 bridgehead atoms. The first-order valence-corrected chi connectivity index (χ1v) is 4.73. The van der Waals surface area contributed by atoms with Crippen molar-refractivity contribution in [1.82, 2.24) is 0 Å². The summed E-state index contributed by atoms with van der Waals surface area (Å²) in [6, 6.07) is 3.87. The van der Waals surface area contributed by atoms with Crippen LogP contribution < -0.4 is 5.73 Å². The SMILES string of the molecule is C/C(=C/c1ccco1)CCCCN. The second-order valence-corrected chi connectivity index (χ2v) is 3.25. The van der Waals surface area contributed by atoms with Gasteiger partial charge in [0.25, 0.3) is 0 Å². The molecular weight excluding hydrogens is 162 g/mol. The Morgan fingerprint density at radius 1 is 1.54 bits per heavy atom. The third kappa shape index (κ3) is 3.95. The average molecular weight is 179 g/mol. The lowest BCUT2D eigenvalue weighted by atomic mass is 10.1. The van der Waals surface area contributed by atoms with Crippen molar-refractivity contribution in [2.45, 2.75) is 26.2 Å². The van der Waals surface area contributed by atoms with Crippen LogP contribution in [0.2, 0.25) is 0 Å². The van der Waals surface area contributed by atoms with Gasteiger partial charge in [-0.1, -0.05) is 5.57 Å². The fraction of sp³-hybridized carbons (Fsp3) is 0.455. The average Bonchev–Trinajstić information content (AvgIpc) is 2.57. The van der Waals surface area contributed by atoms with Crippen LogP contribution in [0.4, 0.5) is 0 Å². The predicted octanol–water partition coefficient (Wildman–Crippen LogP) is 2.81. The van der Waals surface area contributed by atoms with E-state index < -0.39 is 0 Å². The van der Waals surface area contributed by atoms with Crippen molar-refractivity contribution < 1.29 is 4.42 Å². The number of hydrogen-bond acceptors (Lipinski definition) is 2. The van der Waals surface area contributed by atoms with Gasteiger partial charge in [-0.2, -0.15) is 0 Å². The van der Waals surface area contributed by atoms with Gasteiger partial charge in [-0.15, -0.1) is 0 Å². The Kier molecular flexibility index (Phi) is 4.33. The lowest BCUT2D eigenvalue weighted by Crippen LogP contribution is -1.97. The summed E-state index contributed by atoms with van der Waals surface area (Å²) >= 11 is 0. The molecule has 13 heavy (non-hydrogen) atoms. The molecule has 1 aromatic rings. The highest BCUT2D eigenvalue weighted by Gasteiger charge is 1.93. The van der Waals surface area contributed by atoms with E-state index in [0.717, 1.165) is 25.1 Å². The smallest absolute Gasteiger partial charge is 0.126 e. The summed E-state index contributed by atoms with van der Waals surface area (Å²) in [6.45, 7) is 2.91. The second-order valence-electron chi connectivity index (χ2n) is 3.25. The first-order chi connectivity index (χ1) is 6.33. The minimum atomic E-state index is 0.786. The lowest BCUT2D eigenvalue weighted by Gasteiger charge is -1.98. The summed E-state index contributed by atoms with van der Waals surface area (Å²) in [7, 11) is 0. The van der Waals surface area contributed by atoms with Gasteiger partial charge in [0.15, 0.2) is 0 Å². The maximum Gasteiger partial charge on any atom is 0.126 e. The maximum atomic E-state index is 5.41. The minimum Gasteiger partial charge on any atom is -0.465 e. The Bertz CT molecular complexity index is 249. The number of allylic oxidation sites excluding steroid dienone is 1. The van der Waals surface area contributed by atoms with Crippen molar-refractivity contribution in [1.29, 1.82) is 0 Å². The van der Waals surface area contributed by atoms with E-state index in [0.29, 0.717) is 0 Å². The lowest BCUT2D eigenvalue weighted by molar-refractivity contribution is 0.556. The first-order valence-electron chi connectivity index (χ1n) is 4.73. The van der Waals surface area contributed by atoms with Gasteiger partial charge < -0.3 is 10.2 Å². The number of nitrogens with two attached hydrogens (primary N) is 1. The molecule has 0 aromatic carbocycles. The van der Waals surface area contributed by atoms with Crippen LogP contribution in [0.25, 0.3) is 6.08 Å². The second kappa shape index (κ2) is 5.60. The number of furan rings is 1. The van der Waals surface area contributed by atoms with Crippen molar-refractivity contribution in [3.8, 4) is 0 Å². The molecule has 0 atom stereocenters. The molecule has 0 saturated carbocycles. The summed E-state index contributed by atoms with van der Waals surface area (Å²) in [6.07, 6.45) is 7.15. The summed E-state index contributed by atoms with van der Waals surface area (Å²) in [5.74, 6) is 0.935. The zero-order valence-electron chi connectivity index (χ0n) is 8.12. The van der Waals surface area contributed by atoms with Gasteiger partial charge in [-0.05, 0) is 50.9 Å². The van der Waals surface area contributed by atoms with E-state index in [-0.39, 0.29) is 0 Å². The maximum absolute atomic E-state index is 5.41. The normalized spacial score (nSPS) is 12.0. The van der Waals surface area contributed by atoms with E-state index in [9.17, 15) is 0 Å². The quantitative estimate of drug-likeness (QED) is 0.706. The Morgan fingerprint density at radius 2 is 2.38 bits per heavy atom. The van der Waals surface area contributed by atoms with Crippen molar-refractivity contribution in [2.75, 3.05) is 6.54 Å². The van der Waals surface area contributed by atoms with E-state index in [1.807, 2.05) is 12.1 Å². The minimum absolute atomic E-state index is 0.786. The Labute approximate surface area is 79.4 Å². The predicted molar refractivity (Wildman–Crippen MR) is 55.3 cm³/mol. The number of rotatable bonds is 5. The van der Waals surface area contributed by atoms with Crippen LogP contribution in [0.3, 0.4) is 0 Å². The molecule has 0 radical (unpaired) electrons. The number of hydrogen-bond donors (Lipinski definition) is 1. The monoisotopic (exact) mass is 179 g/mol. The van der Waals surface area contributed by atoms with Crippen LogP contribution in [-0.4, -0.2) is 6.54 Å². The van der Waals surface area contributed by atoms with Crippen molar-refractivity contribution >= 4 is 6.08 Å². The molecule has 0 amide bonds. The molecule has 0 saturated heterocycles. The van der Waals surface area contributed by atoms with Gasteiger partial charge in [-0.3, -0.25) is 0 Å². The van der Waals surface area contributed by atoms with Crippen LogP contribution in [0, 0.1) is 0 Å². The number of unbranched alkanes of at least 4 members (excludes halogenated alkanes) is 1. The van der Waals surface area contributed by atoms with Gasteiger partial charge in [0, 0.05) is 0 Å².